The van der Waals surface area contributed by atoms with Gasteiger partial charge in [0.2, 0.25) is 0 Å². The summed E-state index contributed by atoms with van der Waals surface area (Å²) in [5.74, 6) is -1.43. The zero-order valence-electron chi connectivity index (χ0n) is 18.0. The summed E-state index contributed by atoms with van der Waals surface area (Å²) in [5.41, 5.74) is 2.45. The van der Waals surface area contributed by atoms with Crippen LogP contribution in [-0.2, 0) is 10.0 Å². The van der Waals surface area contributed by atoms with E-state index in [-0.39, 0.29) is 22.0 Å². The minimum absolute atomic E-state index is 0.0228. The van der Waals surface area contributed by atoms with Crippen molar-refractivity contribution in [1.29, 1.82) is 0 Å². The number of rotatable bonds is 6. The minimum atomic E-state index is -3.85. The van der Waals surface area contributed by atoms with Crippen molar-refractivity contribution in [3.8, 4) is 0 Å². The lowest BCUT2D eigenvalue weighted by Gasteiger charge is -2.38. The van der Waals surface area contributed by atoms with E-state index in [0.717, 1.165) is 11.3 Å². The third-order valence-corrected chi connectivity index (χ3v) is 6.97. The molecular formula is C24H24FN3O4S. The van der Waals surface area contributed by atoms with Gasteiger partial charge in [-0.1, -0.05) is 12.1 Å². The van der Waals surface area contributed by atoms with E-state index < -0.39 is 16.0 Å². The maximum absolute atomic E-state index is 13.2. The number of carbonyl (C=O) groups is 1. The lowest BCUT2D eigenvalue weighted by Crippen LogP contribution is -2.47. The Hall–Kier alpha value is -3.59. The second-order valence-electron chi connectivity index (χ2n) is 7.91. The van der Waals surface area contributed by atoms with Gasteiger partial charge >= 0.3 is 5.97 Å². The van der Waals surface area contributed by atoms with E-state index in [1.807, 2.05) is 4.90 Å². The van der Waals surface area contributed by atoms with Gasteiger partial charge in [-0.05, 0) is 67.1 Å². The molecule has 0 amide bonds. The van der Waals surface area contributed by atoms with Crippen molar-refractivity contribution in [1.82, 2.24) is 0 Å². The number of hydrogen-bond donors (Lipinski definition) is 2. The number of carboxylic acids is 1. The molecule has 0 saturated carbocycles. The predicted molar refractivity (Wildman–Crippen MR) is 126 cm³/mol. The molecule has 0 unspecified atom stereocenters. The van der Waals surface area contributed by atoms with Crippen LogP contribution in [0.3, 0.4) is 0 Å². The van der Waals surface area contributed by atoms with Gasteiger partial charge in [0.15, 0.2) is 0 Å². The summed E-state index contributed by atoms with van der Waals surface area (Å²) in [4.78, 5) is 16.1. The largest absolute Gasteiger partial charge is 0.478 e. The fourth-order valence-electron chi connectivity index (χ4n) is 3.90. The summed E-state index contributed by atoms with van der Waals surface area (Å²) in [6.07, 6.45) is 0. The molecule has 0 aliphatic carbocycles. The van der Waals surface area contributed by atoms with Crippen LogP contribution >= 0.6 is 0 Å². The summed E-state index contributed by atoms with van der Waals surface area (Å²) in [7, 11) is -3.85. The quantitative estimate of drug-likeness (QED) is 0.568. The molecule has 4 rings (SSSR count). The highest BCUT2D eigenvalue weighted by atomic mass is 32.2. The maximum Gasteiger partial charge on any atom is 0.337 e. The van der Waals surface area contributed by atoms with Crippen molar-refractivity contribution in [2.75, 3.05) is 40.7 Å². The molecule has 0 bridgehead atoms. The minimum Gasteiger partial charge on any atom is -0.478 e. The number of benzene rings is 3. The maximum atomic E-state index is 13.2. The van der Waals surface area contributed by atoms with Gasteiger partial charge in [-0.15, -0.1) is 0 Å². The van der Waals surface area contributed by atoms with Gasteiger partial charge in [0.1, 0.15) is 5.82 Å². The standard InChI is InChI=1S/C24H24FN3O4S/c1-17-3-2-4-21(15-17)33(31,32)26-19-7-10-23(22(16-19)24(29)30)28-13-11-27(12-14-28)20-8-5-18(25)6-9-20/h2-10,15-16,26H,11-14H2,1H3,(H,29,30). The number of nitrogens with one attached hydrogen (secondary N) is 1. The van der Waals surface area contributed by atoms with Gasteiger partial charge in [-0.3, -0.25) is 4.72 Å². The molecule has 3 aromatic rings. The van der Waals surface area contributed by atoms with Crippen LogP contribution in [0, 0.1) is 12.7 Å². The number of anilines is 3. The summed E-state index contributed by atoms with van der Waals surface area (Å²) >= 11 is 0. The van der Waals surface area contributed by atoms with E-state index in [1.165, 1.54) is 24.3 Å². The third-order valence-electron chi connectivity index (χ3n) is 5.59. The van der Waals surface area contributed by atoms with Gasteiger partial charge in [0, 0.05) is 37.6 Å². The average molecular weight is 470 g/mol. The number of aryl methyl sites for hydroxylation is 1. The smallest absolute Gasteiger partial charge is 0.337 e. The van der Waals surface area contributed by atoms with Crippen LogP contribution in [0.5, 0.6) is 0 Å². The Morgan fingerprint density at radius 2 is 1.61 bits per heavy atom. The van der Waals surface area contributed by atoms with Crippen molar-refractivity contribution in [3.63, 3.8) is 0 Å². The van der Waals surface area contributed by atoms with Crippen LogP contribution in [0.1, 0.15) is 15.9 Å². The molecule has 1 heterocycles. The zero-order chi connectivity index (χ0) is 23.6. The van der Waals surface area contributed by atoms with E-state index in [9.17, 15) is 22.7 Å². The molecule has 0 atom stereocenters. The molecule has 1 aliphatic heterocycles. The van der Waals surface area contributed by atoms with Crippen molar-refractivity contribution in [3.05, 3.63) is 83.7 Å². The number of halogens is 1. The third kappa shape index (κ3) is 5.09. The van der Waals surface area contributed by atoms with Gasteiger partial charge in [0.05, 0.1) is 16.1 Å². The topological polar surface area (TPSA) is 90.0 Å². The van der Waals surface area contributed by atoms with E-state index in [2.05, 4.69) is 9.62 Å². The van der Waals surface area contributed by atoms with Crippen molar-refractivity contribution in [2.45, 2.75) is 11.8 Å². The van der Waals surface area contributed by atoms with Crippen molar-refractivity contribution in [2.24, 2.45) is 0 Å². The molecule has 1 fully saturated rings. The van der Waals surface area contributed by atoms with E-state index >= 15 is 0 Å². The van der Waals surface area contributed by atoms with Crippen LogP contribution < -0.4 is 14.5 Å². The summed E-state index contributed by atoms with van der Waals surface area (Å²) < 4.78 is 41.1. The highest BCUT2D eigenvalue weighted by Crippen LogP contribution is 2.28. The van der Waals surface area contributed by atoms with Crippen LogP contribution in [0.2, 0.25) is 0 Å². The Morgan fingerprint density at radius 1 is 0.939 bits per heavy atom. The number of sulfonamides is 1. The molecule has 2 N–H and O–H groups in total. The molecule has 172 valence electrons. The van der Waals surface area contributed by atoms with Gasteiger partial charge in [0.25, 0.3) is 10.0 Å². The van der Waals surface area contributed by atoms with Crippen LogP contribution in [0.25, 0.3) is 0 Å². The molecule has 0 radical (unpaired) electrons. The fourth-order valence-corrected chi connectivity index (χ4v) is 5.05. The molecule has 0 spiro atoms. The molecule has 1 saturated heterocycles. The second kappa shape index (κ2) is 9.11. The first-order chi connectivity index (χ1) is 15.7. The first kappa shape index (κ1) is 22.6. The summed E-state index contributed by atoms with van der Waals surface area (Å²) in [6, 6.07) is 17.3. The molecule has 0 aromatic heterocycles. The summed E-state index contributed by atoms with van der Waals surface area (Å²) in [6.45, 7) is 4.24. The van der Waals surface area contributed by atoms with Gasteiger partial charge in [-0.25, -0.2) is 17.6 Å². The first-order valence-corrected chi connectivity index (χ1v) is 11.9. The lowest BCUT2D eigenvalue weighted by molar-refractivity contribution is 0.0697. The number of nitrogens with zero attached hydrogens (tertiary/aromatic N) is 2. The second-order valence-corrected chi connectivity index (χ2v) is 9.59. The Balaban J connectivity index is 1.52. The number of piperazine rings is 1. The van der Waals surface area contributed by atoms with E-state index in [4.69, 9.17) is 0 Å². The Morgan fingerprint density at radius 3 is 2.24 bits per heavy atom. The van der Waals surface area contributed by atoms with Crippen molar-refractivity contribution < 1.29 is 22.7 Å². The summed E-state index contributed by atoms with van der Waals surface area (Å²) in [5, 5.41) is 9.78. The highest BCUT2D eigenvalue weighted by molar-refractivity contribution is 7.92. The highest BCUT2D eigenvalue weighted by Gasteiger charge is 2.23. The van der Waals surface area contributed by atoms with Crippen molar-refractivity contribution >= 4 is 33.1 Å². The lowest BCUT2D eigenvalue weighted by atomic mass is 10.1. The Bertz CT molecular complexity index is 1270. The normalized spacial score (nSPS) is 14.2. The van der Waals surface area contributed by atoms with Gasteiger partial charge in [-0.2, -0.15) is 0 Å². The van der Waals surface area contributed by atoms with E-state index in [1.54, 1.807) is 49.4 Å². The Kier molecular flexibility index (Phi) is 6.24. The molecule has 7 nitrogen and oxygen atoms in total. The Labute approximate surface area is 192 Å². The van der Waals surface area contributed by atoms with E-state index in [0.29, 0.717) is 31.9 Å². The molecule has 1 aliphatic rings. The molecule has 9 heteroatoms. The fraction of sp³-hybridized carbons (Fsp3) is 0.208. The van der Waals surface area contributed by atoms with Gasteiger partial charge < -0.3 is 14.9 Å². The predicted octanol–water partition coefficient (Wildman–Crippen LogP) is 3.96. The molecular weight excluding hydrogens is 445 g/mol. The van der Waals surface area contributed by atoms with Crippen LogP contribution in [0.15, 0.2) is 71.6 Å². The zero-order valence-corrected chi connectivity index (χ0v) is 18.8. The number of aromatic carboxylic acids is 1. The monoisotopic (exact) mass is 469 g/mol. The first-order valence-electron chi connectivity index (χ1n) is 10.5. The number of hydrogen-bond acceptors (Lipinski definition) is 5. The average Bonchev–Trinajstić information content (AvgIpc) is 2.79. The molecule has 33 heavy (non-hydrogen) atoms. The molecule has 3 aromatic carbocycles. The van der Waals surface area contributed by atoms with Crippen LogP contribution in [-0.4, -0.2) is 45.7 Å². The van der Waals surface area contributed by atoms with Crippen LogP contribution in [0.4, 0.5) is 21.5 Å². The SMILES string of the molecule is Cc1cccc(S(=O)(=O)Nc2ccc(N3CCN(c4ccc(F)cc4)CC3)c(C(=O)O)c2)c1. The number of carboxylic acid groups (broad SMARTS) is 1.